The first-order valence-corrected chi connectivity index (χ1v) is 10.5. The molecule has 0 aliphatic heterocycles. The average Bonchev–Trinajstić information content (AvgIpc) is 3.25. The van der Waals surface area contributed by atoms with Crippen molar-refractivity contribution in [3.8, 4) is 11.8 Å². The SMILES string of the molecule is CCCNc1nc(Nc2ccc(C(N)=O)cc2)ncc1C#Cc1ccc2nc(CN)[nH]c2c1. The first kappa shape index (κ1) is 21.8. The largest absolute Gasteiger partial charge is 0.369 e. The lowest BCUT2D eigenvalue weighted by molar-refractivity contribution is 0.100. The van der Waals surface area contributed by atoms with Gasteiger partial charge in [0.15, 0.2) is 0 Å². The molecule has 2 aromatic carbocycles. The van der Waals surface area contributed by atoms with Crippen molar-refractivity contribution >= 4 is 34.4 Å². The minimum absolute atomic E-state index is 0.356. The van der Waals surface area contributed by atoms with Crippen LogP contribution in [0.15, 0.2) is 48.7 Å². The molecule has 7 N–H and O–H groups in total. The molecule has 0 spiro atoms. The van der Waals surface area contributed by atoms with Crippen molar-refractivity contribution < 1.29 is 4.79 Å². The second-order valence-corrected chi connectivity index (χ2v) is 7.32. The third-order valence-electron chi connectivity index (χ3n) is 4.82. The summed E-state index contributed by atoms with van der Waals surface area (Å²) in [6, 6.07) is 12.6. The van der Waals surface area contributed by atoms with Gasteiger partial charge in [-0.25, -0.2) is 9.97 Å². The fourth-order valence-corrected chi connectivity index (χ4v) is 3.14. The van der Waals surface area contributed by atoms with Crippen LogP contribution in [0.2, 0.25) is 0 Å². The monoisotopic (exact) mass is 440 g/mol. The number of anilines is 3. The van der Waals surface area contributed by atoms with Crippen LogP contribution in [0.5, 0.6) is 0 Å². The molecular formula is C24H24N8O. The molecule has 0 aliphatic rings. The normalized spacial score (nSPS) is 10.5. The molecule has 33 heavy (non-hydrogen) atoms. The zero-order valence-corrected chi connectivity index (χ0v) is 18.1. The average molecular weight is 441 g/mol. The van der Waals surface area contributed by atoms with Gasteiger partial charge >= 0.3 is 0 Å². The highest BCUT2D eigenvalue weighted by Crippen LogP contribution is 2.18. The fourth-order valence-electron chi connectivity index (χ4n) is 3.14. The Bertz CT molecular complexity index is 1350. The summed E-state index contributed by atoms with van der Waals surface area (Å²) in [6.45, 7) is 3.18. The lowest BCUT2D eigenvalue weighted by Gasteiger charge is -2.10. The number of carbonyl (C=O) groups excluding carboxylic acids is 1. The van der Waals surface area contributed by atoms with E-state index in [1.165, 1.54) is 0 Å². The van der Waals surface area contributed by atoms with Gasteiger partial charge in [0.05, 0.1) is 29.3 Å². The number of primary amides is 1. The van der Waals surface area contributed by atoms with Crippen LogP contribution >= 0.6 is 0 Å². The molecule has 4 rings (SSSR count). The molecule has 2 aromatic heterocycles. The molecule has 1 amide bonds. The molecule has 2 heterocycles. The molecule has 0 radical (unpaired) electrons. The van der Waals surface area contributed by atoms with Crippen LogP contribution in [0.4, 0.5) is 17.5 Å². The van der Waals surface area contributed by atoms with Gasteiger partial charge in [-0.2, -0.15) is 4.98 Å². The minimum Gasteiger partial charge on any atom is -0.369 e. The van der Waals surface area contributed by atoms with E-state index in [0.29, 0.717) is 29.4 Å². The minimum atomic E-state index is -0.474. The Morgan fingerprint density at radius 2 is 1.94 bits per heavy atom. The highest BCUT2D eigenvalue weighted by Gasteiger charge is 2.07. The summed E-state index contributed by atoms with van der Waals surface area (Å²) in [6.07, 6.45) is 2.62. The first-order chi connectivity index (χ1) is 16.1. The van der Waals surface area contributed by atoms with Crippen molar-refractivity contribution in [2.75, 3.05) is 17.2 Å². The predicted octanol–water partition coefficient (Wildman–Crippen LogP) is 2.88. The lowest BCUT2D eigenvalue weighted by atomic mass is 10.2. The number of imidazole rings is 1. The number of nitrogens with two attached hydrogens (primary N) is 2. The first-order valence-electron chi connectivity index (χ1n) is 10.5. The molecule has 9 nitrogen and oxygen atoms in total. The maximum absolute atomic E-state index is 11.2. The van der Waals surface area contributed by atoms with Crippen molar-refractivity contribution in [1.82, 2.24) is 19.9 Å². The van der Waals surface area contributed by atoms with E-state index in [0.717, 1.165) is 41.1 Å². The van der Waals surface area contributed by atoms with Crippen LogP contribution in [0.3, 0.4) is 0 Å². The molecular weight excluding hydrogens is 416 g/mol. The van der Waals surface area contributed by atoms with Crippen LogP contribution in [0.1, 0.15) is 40.7 Å². The van der Waals surface area contributed by atoms with Crippen LogP contribution in [0, 0.1) is 11.8 Å². The summed E-state index contributed by atoms with van der Waals surface area (Å²) in [5.74, 6) is 7.65. The summed E-state index contributed by atoms with van der Waals surface area (Å²) in [5.41, 5.74) is 15.4. The van der Waals surface area contributed by atoms with Gasteiger partial charge in [0.25, 0.3) is 0 Å². The van der Waals surface area contributed by atoms with Gasteiger partial charge in [-0.05, 0) is 48.9 Å². The number of hydrogen-bond donors (Lipinski definition) is 5. The van der Waals surface area contributed by atoms with Gasteiger partial charge in [0.2, 0.25) is 11.9 Å². The van der Waals surface area contributed by atoms with E-state index in [2.05, 4.69) is 49.3 Å². The predicted molar refractivity (Wildman–Crippen MR) is 129 cm³/mol. The zero-order chi connectivity index (χ0) is 23.2. The number of nitrogens with zero attached hydrogens (tertiary/aromatic N) is 3. The topological polar surface area (TPSA) is 148 Å². The van der Waals surface area contributed by atoms with Crippen LogP contribution in [-0.2, 0) is 6.54 Å². The molecule has 0 atom stereocenters. The highest BCUT2D eigenvalue weighted by molar-refractivity contribution is 5.93. The Morgan fingerprint density at radius 3 is 2.67 bits per heavy atom. The van der Waals surface area contributed by atoms with Gasteiger partial charge in [0.1, 0.15) is 11.6 Å². The van der Waals surface area contributed by atoms with Crippen molar-refractivity contribution in [3.63, 3.8) is 0 Å². The molecule has 0 fully saturated rings. The molecule has 0 saturated heterocycles. The van der Waals surface area contributed by atoms with Gasteiger partial charge < -0.3 is 27.1 Å². The maximum atomic E-state index is 11.2. The van der Waals surface area contributed by atoms with E-state index in [9.17, 15) is 4.79 Å². The number of carbonyl (C=O) groups is 1. The van der Waals surface area contributed by atoms with E-state index in [1.807, 2.05) is 18.2 Å². The third-order valence-corrected chi connectivity index (χ3v) is 4.82. The van der Waals surface area contributed by atoms with Crippen LogP contribution < -0.4 is 22.1 Å². The fraction of sp³-hybridized carbons (Fsp3) is 0.167. The number of fused-ring (bicyclic) bond motifs is 1. The van der Waals surface area contributed by atoms with E-state index >= 15 is 0 Å². The number of aromatic amines is 1. The molecule has 0 saturated carbocycles. The zero-order valence-electron chi connectivity index (χ0n) is 18.1. The smallest absolute Gasteiger partial charge is 0.248 e. The third kappa shape index (κ3) is 5.26. The number of rotatable bonds is 7. The Balaban J connectivity index is 1.58. The summed E-state index contributed by atoms with van der Waals surface area (Å²) in [5, 5.41) is 6.44. The number of amides is 1. The summed E-state index contributed by atoms with van der Waals surface area (Å²) >= 11 is 0. The summed E-state index contributed by atoms with van der Waals surface area (Å²) in [4.78, 5) is 27.8. The Labute approximate surface area is 191 Å². The second-order valence-electron chi connectivity index (χ2n) is 7.32. The van der Waals surface area contributed by atoms with Crippen LogP contribution in [0.25, 0.3) is 11.0 Å². The van der Waals surface area contributed by atoms with E-state index in [4.69, 9.17) is 11.5 Å². The van der Waals surface area contributed by atoms with Crippen molar-refractivity contribution in [1.29, 1.82) is 0 Å². The lowest BCUT2D eigenvalue weighted by Crippen LogP contribution is -2.10. The van der Waals surface area contributed by atoms with E-state index in [1.54, 1.807) is 30.5 Å². The van der Waals surface area contributed by atoms with Crippen molar-refractivity contribution in [2.45, 2.75) is 19.9 Å². The Morgan fingerprint density at radius 1 is 1.12 bits per heavy atom. The number of hydrogen-bond acceptors (Lipinski definition) is 7. The molecule has 0 bridgehead atoms. The maximum Gasteiger partial charge on any atom is 0.248 e. The number of nitrogens with one attached hydrogen (secondary N) is 3. The van der Waals surface area contributed by atoms with Crippen molar-refractivity contribution in [2.24, 2.45) is 11.5 Å². The van der Waals surface area contributed by atoms with Crippen molar-refractivity contribution in [3.05, 3.63) is 71.2 Å². The standard InChI is InChI=1S/C24H24N8O/c1-2-11-27-23-17(5-3-15-4-10-19-20(12-15)31-21(13-25)30-19)14-28-24(32-23)29-18-8-6-16(7-9-18)22(26)33/h4,6-10,12,14H,2,11,13,25H2,1H3,(H2,26,33)(H,30,31)(H2,27,28,29,32). The van der Waals surface area contributed by atoms with Gasteiger partial charge in [-0.3, -0.25) is 4.79 Å². The van der Waals surface area contributed by atoms with Crippen LogP contribution in [-0.4, -0.2) is 32.4 Å². The Hall–Kier alpha value is -4.42. The van der Waals surface area contributed by atoms with Gasteiger partial charge in [-0.15, -0.1) is 0 Å². The molecule has 0 unspecified atom stereocenters. The van der Waals surface area contributed by atoms with E-state index in [-0.39, 0.29) is 0 Å². The molecule has 4 aromatic rings. The molecule has 166 valence electrons. The number of aromatic nitrogens is 4. The van der Waals surface area contributed by atoms with Gasteiger partial charge in [-0.1, -0.05) is 18.8 Å². The number of H-pyrrole nitrogens is 1. The summed E-state index contributed by atoms with van der Waals surface area (Å²) < 4.78 is 0. The Kier molecular flexibility index (Phi) is 6.48. The molecule has 0 aliphatic carbocycles. The number of benzene rings is 2. The van der Waals surface area contributed by atoms with Gasteiger partial charge in [0, 0.05) is 23.4 Å². The quantitative estimate of drug-likeness (QED) is 0.278. The van der Waals surface area contributed by atoms with E-state index < -0.39 is 5.91 Å². The summed E-state index contributed by atoms with van der Waals surface area (Å²) in [7, 11) is 0. The molecule has 9 heteroatoms. The highest BCUT2D eigenvalue weighted by atomic mass is 16.1. The second kappa shape index (κ2) is 9.80.